The highest BCUT2D eigenvalue weighted by molar-refractivity contribution is 9.10. The Balaban J connectivity index is 1.84. The van der Waals surface area contributed by atoms with Gasteiger partial charge in [0.15, 0.2) is 5.82 Å². The van der Waals surface area contributed by atoms with Gasteiger partial charge in [0.1, 0.15) is 4.60 Å². The van der Waals surface area contributed by atoms with Crippen molar-refractivity contribution in [2.24, 2.45) is 0 Å². The zero-order chi connectivity index (χ0) is 17.3. The van der Waals surface area contributed by atoms with E-state index >= 15 is 0 Å². The first-order valence-electron chi connectivity index (χ1n) is 7.56. The molecule has 0 saturated heterocycles. The molecule has 0 aliphatic rings. The van der Waals surface area contributed by atoms with Crippen LogP contribution in [-0.2, 0) is 6.54 Å². The molecule has 0 radical (unpaired) electrons. The van der Waals surface area contributed by atoms with Gasteiger partial charge < -0.3 is 14.6 Å². The minimum absolute atomic E-state index is 0.346. The minimum Gasteiger partial charge on any atom is -0.481 e. The van der Waals surface area contributed by atoms with Gasteiger partial charge in [-0.15, -0.1) is 0 Å². The Labute approximate surface area is 148 Å². The highest BCUT2D eigenvalue weighted by atomic mass is 79.9. The average Bonchev–Trinajstić information content (AvgIpc) is 2.84. The maximum atomic E-state index is 14.3. The molecule has 0 aliphatic carbocycles. The Morgan fingerprint density at radius 2 is 2.08 bits per heavy atom. The monoisotopic (exact) mass is 392 g/mol. The molecule has 7 heteroatoms. The third kappa shape index (κ3) is 3.21. The molecule has 0 aromatic carbocycles. The number of nitrogens with zero attached hydrogens (tertiary/aromatic N) is 3. The van der Waals surface area contributed by atoms with Crippen LogP contribution < -0.4 is 10.1 Å². The Bertz CT molecular complexity index is 874. The van der Waals surface area contributed by atoms with E-state index in [1.807, 2.05) is 36.6 Å². The van der Waals surface area contributed by atoms with Gasteiger partial charge in [-0.3, -0.25) is 0 Å². The molecule has 0 amide bonds. The maximum absolute atomic E-state index is 14.3. The fourth-order valence-electron chi connectivity index (χ4n) is 2.84. The van der Waals surface area contributed by atoms with E-state index in [4.69, 9.17) is 4.74 Å². The second-order valence-corrected chi connectivity index (χ2v) is 6.37. The number of aromatic nitrogens is 3. The molecule has 3 aromatic rings. The van der Waals surface area contributed by atoms with Crippen molar-refractivity contribution in [1.82, 2.24) is 14.5 Å². The molecule has 3 rings (SSSR count). The number of methoxy groups -OCH3 is 1. The lowest BCUT2D eigenvalue weighted by Gasteiger charge is -2.12. The van der Waals surface area contributed by atoms with Crippen molar-refractivity contribution in [2.45, 2.75) is 20.4 Å². The number of nitrogens with one attached hydrogen (secondary N) is 1. The van der Waals surface area contributed by atoms with Crippen molar-refractivity contribution in [1.29, 1.82) is 0 Å². The molecule has 0 atom stereocenters. The standard InChI is InChI=1S/C17H18BrFN4O/c1-10-6-12(8-15(18)22-10)20-4-5-23-11(2)7-13-16(23)14(19)9-21-17(13)24-3/h6-9H,4-5H2,1-3H3,(H,20,22). The number of ether oxygens (including phenoxy) is 1. The lowest BCUT2D eigenvalue weighted by molar-refractivity contribution is 0.402. The molecular weight excluding hydrogens is 375 g/mol. The number of fused-ring (bicyclic) bond motifs is 1. The molecule has 0 saturated carbocycles. The van der Waals surface area contributed by atoms with Gasteiger partial charge in [0.05, 0.1) is 24.2 Å². The second kappa shape index (κ2) is 6.76. The normalized spacial score (nSPS) is 11.0. The fraction of sp³-hybridized carbons (Fsp3) is 0.294. The minimum atomic E-state index is -0.346. The average molecular weight is 393 g/mol. The summed E-state index contributed by atoms with van der Waals surface area (Å²) in [5.74, 6) is 0.0938. The highest BCUT2D eigenvalue weighted by Crippen LogP contribution is 2.28. The molecule has 5 nitrogen and oxygen atoms in total. The van der Waals surface area contributed by atoms with Crippen molar-refractivity contribution >= 4 is 32.5 Å². The number of rotatable bonds is 5. The second-order valence-electron chi connectivity index (χ2n) is 5.56. The first-order chi connectivity index (χ1) is 11.5. The van der Waals surface area contributed by atoms with Gasteiger partial charge in [-0.2, -0.15) is 0 Å². The van der Waals surface area contributed by atoms with Crippen LogP contribution >= 0.6 is 15.9 Å². The van der Waals surface area contributed by atoms with E-state index in [1.54, 1.807) is 0 Å². The summed E-state index contributed by atoms with van der Waals surface area (Å²) in [5, 5.41) is 4.04. The number of halogens is 2. The first kappa shape index (κ1) is 16.7. The predicted octanol–water partition coefficient (Wildman–Crippen LogP) is 4.07. The number of hydrogen-bond acceptors (Lipinski definition) is 4. The van der Waals surface area contributed by atoms with Gasteiger partial charge in [0.25, 0.3) is 0 Å². The molecule has 0 spiro atoms. The molecule has 0 bridgehead atoms. The molecule has 3 heterocycles. The largest absolute Gasteiger partial charge is 0.481 e. The third-order valence-electron chi connectivity index (χ3n) is 3.84. The van der Waals surface area contributed by atoms with Crippen LogP contribution in [0.1, 0.15) is 11.4 Å². The lowest BCUT2D eigenvalue weighted by atomic mass is 10.3. The summed E-state index contributed by atoms with van der Waals surface area (Å²) in [6.45, 7) is 5.17. The molecule has 24 heavy (non-hydrogen) atoms. The predicted molar refractivity (Wildman–Crippen MR) is 96.1 cm³/mol. The van der Waals surface area contributed by atoms with Crippen LogP contribution in [0.15, 0.2) is 29.0 Å². The van der Waals surface area contributed by atoms with Gasteiger partial charge in [-0.1, -0.05) is 0 Å². The smallest absolute Gasteiger partial charge is 0.222 e. The number of anilines is 1. The number of aryl methyl sites for hydroxylation is 2. The Hall–Kier alpha value is -2.15. The fourth-order valence-corrected chi connectivity index (χ4v) is 3.36. The number of hydrogen-bond donors (Lipinski definition) is 1. The van der Waals surface area contributed by atoms with Gasteiger partial charge in [0, 0.05) is 30.2 Å². The van der Waals surface area contributed by atoms with Crippen LogP contribution in [0.3, 0.4) is 0 Å². The van der Waals surface area contributed by atoms with E-state index in [1.165, 1.54) is 13.3 Å². The molecule has 1 N–H and O–H groups in total. The van der Waals surface area contributed by atoms with E-state index in [2.05, 4.69) is 31.2 Å². The Kier molecular flexibility index (Phi) is 4.71. The van der Waals surface area contributed by atoms with Crippen LogP contribution in [0, 0.1) is 19.7 Å². The van der Waals surface area contributed by atoms with Crippen LogP contribution in [0.25, 0.3) is 10.9 Å². The van der Waals surface area contributed by atoms with Crippen molar-refractivity contribution in [3.05, 3.63) is 46.2 Å². The molecular formula is C17H18BrFN4O. The van der Waals surface area contributed by atoms with Crippen LogP contribution in [-0.4, -0.2) is 28.2 Å². The van der Waals surface area contributed by atoms with E-state index in [-0.39, 0.29) is 5.82 Å². The quantitative estimate of drug-likeness (QED) is 0.664. The zero-order valence-corrected chi connectivity index (χ0v) is 15.3. The van der Waals surface area contributed by atoms with E-state index in [9.17, 15) is 4.39 Å². The van der Waals surface area contributed by atoms with Crippen LogP contribution in [0.5, 0.6) is 5.88 Å². The molecule has 0 fully saturated rings. The van der Waals surface area contributed by atoms with Crippen molar-refractivity contribution in [2.75, 3.05) is 19.0 Å². The van der Waals surface area contributed by atoms with Crippen molar-refractivity contribution in [3.63, 3.8) is 0 Å². The first-order valence-corrected chi connectivity index (χ1v) is 8.35. The Morgan fingerprint density at radius 3 is 2.79 bits per heavy atom. The molecule has 0 unspecified atom stereocenters. The zero-order valence-electron chi connectivity index (χ0n) is 13.7. The highest BCUT2D eigenvalue weighted by Gasteiger charge is 2.15. The number of pyridine rings is 2. The van der Waals surface area contributed by atoms with Gasteiger partial charge in [-0.05, 0) is 48.0 Å². The topological polar surface area (TPSA) is 52.0 Å². The maximum Gasteiger partial charge on any atom is 0.222 e. The van der Waals surface area contributed by atoms with Gasteiger partial charge in [-0.25, -0.2) is 14.4 Å². The van der Waals surface area contributed by atoms with Gasteiger partial charge >= 0.3 is 0 Å². The summed E-state index contributed by atoms with van der Waals surface area (Å²) in [6.07, 6.45) is 1.20. The van der Waals surface area contributed by atoms with Crippen molar-refractivity contribution in [3.8, 4) is 5.88 Å². The van der Waals surface area contributed by atoms with Crippen molar-refractivity contribution < 1.29 is 9.13 Å². The molecule has 3 aromatic heterocycles. The SMILES string of the molecule is COc1ncc(F)c2c1cc(C)n2CCNc1cc(C)nc(Br)c1. The summed E-state index contributed by atoms with van der Waals surface area (Å²) in [6, 6.07) is 5.79. The summed E-state index contributed by atoms with van der Waals surface area (Å²) >= 11 is 3.39. The van der Waals surface area contributed by atoms with E-state index < -0.39 is 0 Å². The molecule has 0 aliphatic heterocycles. The summed E-state index contributed by atoms with van der Waals surface area (Å²) in [5.41, 5.74) is 3.39. The van der Waals surface area contributed by atoms with Crippen LogP contribution in [0.2, 0.25) is 0 Å². The summed E-state index contributed by atoms with van der Waals surface area (Å²) in [7, 11) is 1.54. The lowest BCUT2D eigenvalue weighted by Crippen LogP contribution is -2.12. The van der Waals surface area contributed by atoms with E-state index in [0.29, 0.717) is 29.9 Å². The summed E-state index contributed by atoms with van der Waals surface area (Å²) in [4.78, 5) is 8.27. The summed E-state index contributed by atoms with van der Waals surface area (Å²) < 4.78 is 22.2. The molecule has 126 valence electrons. The van der Waals surface area contributed by atoms with E-state index in [0.717, 1.165) is 21.7 Å². The van der Waals surface area contributed by atoms with Gasteiger partial charge in [0.2, 0.25) is 5.88 Å². The Morgan fingerprint density at radius 1 is 1.29 bits per heavy atom. The van der Waals surface area contributed by atoms with Crippen LogP contribution in [0.4, 0.5) is 10.1 Å². The third-order valence-corrected chi connectivity index (χ3v) is 4.24.